The third kappa shape index (κ3) is 4.62. The van der Waals surface area contributed by atoms with Crippen LogP contribution in [0.1, 0.15) is 26.2 Å². The van der Waals surface area contributed by atoms with E-state index in [1.54, 1.807) is 0 Å². The Morgan fingerprint density at radius 3 is 2.72 bits per heavy atom. The highest BCUT2D eigenvalue weighted by Gasteiger charge is 2.41. The molecular weight excluding hydrogens is 408 g/mol. The summed E-state index contributed by atoms with van der Waals surface area (Å²) >= 11 is 1.40. The maximum Gasteiger partial charge on any atom is 0.230 e. The molecule has 158 valence electrons. The summed E-state index contributed by atoms with van der Waals surface area (Å²) in [5.41, 5.74) is 1.98. The molecule has 0 aliphatic carbocycles. The summed E-state index contributed by atoms with van der Waals surface area (Å²) < 4.78 is 26.6. The number of thioether (sulfide) groups is 1. The van der Waals surface area contributed by atoms with E-state index in [2.05, 4.69) is 26.7 Å². The summed E-state index contributed by atoms with van der Waals surface area (Å²) in [5.74, 6) is 0.287. The number of aromatic nitrogens is 2. The lowest BCUT2D eigenvalue weighted by Gasteiger charge is -2.35. The normalized spacial score (nSPS) is 24.7. The van der Waals surface area contributed by atoms with E-state index < -0.39 is 9.84 Å². The zero-order chi connectivity index (χ0) is 20.4. The number of rotatable bonds is 6. The smallest absolute Gasteiger partial charge is 0.230 e. The Hall–Kier alpha value is -1.58. The van der Waals surface area contributed by atoms with Crippen LogP contribution in [0.3, 0.4) is 0 Å². The van der Waals surface area contributed by atoms with Crippen LogP contribution >= 0.6 is 11.8 Å². The molecule has 1 N–H and O–H groups in total. The lowest BCUT2D eigenvalue weighted by molar-refractivity contribution is -0.119. The van der Waals surface area contributed by atoms with Gasteiger partial charge in [-0.1, -0.05) is 30.3 Å². The Labute approximate surface area is 176 Å². The molecule has 2 unspecified atom stereocenters. The minimum absolute atomic E-state index is 0.0397. The molecule has 9 heteroatoms. The van der Waals surface area contributed by atoms with E-state index in [-0.39, 0.29) is 35.2 Å². The highest BCUT2D eigenvalue weighted by Crippen LogP contribution is 2.25. The van der Waals surface area contributed by atoms with Gasteiger partial charge in [0.2, 0.25) is 5.91 Å². The van der Waals surface area contributed by atoms with Crippen molar-refractivity contribution in [3.8, 4) is 0 Å². The van der Waals surface area contributed by atoms with Crippen LogP contribution < -0.4 is 5.32 Å². The number of sulfone groups is 1. The van der Waals surface area contributed by atoms with E-state index in [1.807, 2.05) is 24.3 Å². The van der Waals surface area contributed by atoms with Gasteiger partial charge in [0.25, 0.3) is 0 Å². The molecule has 0 saturated carbocycles. The number of hydrogen-bond acceptors (Lipinski definition) is 6. The van der Waals surface area contributed by atoms with E-state index >= 15 is 0 Å². The topological polar surface area (TPSA) is 84.3 Å². The van der Waals surface area contributed by atoms with Crippen molar-refractivity contribution < 1.29 is 13.2 Å². The van der Waals surface area contributed by atoms with Gasteiger partial charge in [-0.3, -0.25) is 9.69 Å². The van der Waals surface area contributed by atoms with E-state index in [4.69, 9.17) is 0 Å². The minimum Gasteiger partial charge on any atom is -0.350 e. The zero-order valence-electron chi connectivity index (χ0n) is 16.7. The van der Waals surface area contributed by atoms with Gasteiger partial charge in [-0.2, -0.15) is 0 Å². The number of nitrogens with one attached hydrogen (secondary N) is 1. The van der Waals surface area contributed by atoms with Crippen molar-refractivity contribution in [2.45, 2.75) is 50.0 Å². The fraction of sp³-hybridized carbons (Fsp3) is 0.600. The fourth-order valence-corrected chi connectivity index (χ4v) is 7.27. The number of piperidine rings is 1. The molecule has 2 saturated heterocycles. The maximum absolute atomic E-state index is 12.6. The van der Waals surface area contributed by atoms with Gasteiger partial charge in [-0.15, -0.1) is 0 Å². The van der Waals surface area contributed by atoms with Gasteiger partial charge in [-0.05, 0) is 45.0 Å². The van der Waals surface area contributed by atoms with Crippen molar-refractivity contribution in [2.24, 2.45) is 0 Å². The molecular formula is C20H28N4O3S2. The molecule has 0 radical (unpaired) electrons. The number of para-hydroxylation sites is 2. The maximum atomic E-state index is 12.6. The van der Waals surface area contributed by atoms with Crippen LogP contribution in [0.2, 0.25) is 0 Å². The number of hydrogen-bond donors (Lipinski definition) is 1. The van der Waals surface area contributed by atoms with Gasteiger partial charge < -0.3 is 9.88 Å². The van der Waals surface area contributed by atoms with Crippen LogP contribution in [0, 0.1) is 0 Å². The Kier molecular flexibility index (Phi) is 6.17. The number of imidazole rings is 1. The van der Waals surface area contributed by atoms with Gasteiger partial charge >= 0.3 is 0 Å². The molecule has 1 amide bonds. The number of nitrogens with zero attached hydrogens (tertiary/aromatic N) is 3. The summed E-state index contributed by atoms with van der Waals surface area (Å²) in [6.45, 7) is 4.68. The van der Waals surface area contributed by atoms with E-state index in [0.717, 1.165) is 48.7 Å². The summed E-state index contributed by atoms with van der Waals surface area (Å²) in [6.07, 6.45) is 3.39. The van der Waals surface area contributed by atoms with Crippen LogP contribution in [0.25, 0.3) is 11.0 Å². The molecule has 0 spiro atoms. The number of carbonyl (C=O) groups is 1. The Morgan fingerprint density at radius 2 is 1.97 bits per heavy atom. The molecule has 1 aromatic carbocycles. The fourth-order valence-electron chi connectivity index (χ4n) is 4.42. The quantitative estimate of drug-likeness (QED) is 0.697. The number of likely N-dealkylation sites (tertiary alicyclic amines) is 1. The Bertz CT molecular complexity index is 983. The van der Waals surface area contributed by atoms with Crippen molar-refractivity contribution in [1.29, 1.82) is 0 Å². The molecule has 2 aliphatic heterocycles. The molecule has 7 nitrogen and oxygen atoms in total. The van der Waals surface area contributed by atoms with Gasteiger partial charge in [0, 0.05) is 12.6 Å². The third-order valence-corrected chi connectivity index (χ3v) is 8.49. The Balaban J connectivity index is 1.41. The van der Waals surface area contributed by atoms with Crippen molar-refractivity contribution in [2.75, 3.05) is 30.3 Å². The average Bonchev–Trinajstić information content (AvgIpc) is 3.23. The standard InChI is InChI=1S/C20H28N4O3S2/c1-2-24-17-9-5-4-8-15(17)22-20(24)28-12-19(25)21-16-13-29(26,27)14-18(16)23-10-6-3-7-11-23/h4-5,8-9,16,18H,2-3,6-7,10-14H2,1H3,(H,21,25). The summed E-state index contributed by atoms with van der Waals surface area (Å²) in [6, 6.07) is 7.52. The summed E-state index contributed by atoms with van der Waals surface area (Å²) in [5, 5.41) is 3.82. The van der Waals surface area contributed by atoms with Crippen molar-refractivity contribution in [3.63, 3.8) is 0 Å². The van der Waals surface area contributed by atoms with Crippen molar-refractivity contribution in [3.05, 3.63) is 24.3 Å². The lowest BCUT2D eigenvalue weighted by Crippen LogP contribution is -2.52. The van der Waals surface area contributed by atoms with Gasteiger partial charge in [0.05, 0.1) is 34.3 Å². The largest absolute Gasteiger partial charge is 0.350 e. The van der Waals surface area contributed by atoms with E-state index in [9.17, 15) is 13.2 Å². The molecule has 1 aromatic heterocycles. The predicted octanol–water partition coefficient (Wildman–Crippen LogP) is 1.92. The second-order valence-electron chi connectivity index (χ2n) is 7.83. The van der Waals surface area contributed by atoms with Crippen LogP contribution in [0.15, 0.2) is 29.4 Å². The highest BCUT2D eigenvalue weighted by molar-refractivity contribution is 7.99. The highest BCUT2D eigenvalue weighted by atomic mass is 32.2. The summed E-state index contributed by atoms with van der Waals surface area (Å²) in [7, 11) is -3.11. The molecule has 2 aliphatic rings. The van der Waals surface area contributed by atoms with Gasteiger partial charge in [-0.25, -0.2) is 13.4 Å². The van der Waals surface area contributed by atoms with Crippen LogP contribution in [-0.4, -0.2) is 71.2 Å². The second kappa shape index (κ2) is 8.65. The molecule has 4 rings (SSSR count). The first-order valence-electron chi connectivity index (χ1n) is 10.3. The van der Waals surface area contributed by atoms with Crippen LogP contribution in [-0.2, 0) is 21.2 Å². The first kappa shape index (κ1) is 20.7. The molecule has 29 heavy (non-hydrogen) atoms. The number of carbonyl (C=O) groups excluding carboxylic acids is 1. The van der Waals surface area contributed by atoms with E-state index in [0.29, 0.717) is 0 Å². The number of aryl methyl sites for hydroxylation is 1. The molecule has 0 bridgehead atoms. The number of amides is 1. The molecule has 2 aromatic rings. The second-order valence-corrected chi connectivity index (χ2v) is 10.9. The van der Waals surface area contributed by atoms with Gasteiger partial charge in [0.1, 0.15) is 0 Å². The first-order chi connectivity index (χ1) is 14.0. The van der Waals surface area contributed by atoms with Crippen molar-refractivity contribution in [1.82, 2.24) is 19.8 Å². The Morgan fingerprint density at radius 1 is 1.21 bits per heavy atom. The molecule has 2 atom stereocenters. The summed E-state index contributed by atoms with van der Waals surface area (Å²) in [4.78, 5) is 19.5. The molecule has 2 fully saturated rings. The van der Waals surface area contributed by atoms with Crippen LogP contribution in [0.4, 0.5) is 0 Å². The van der Waals surface area contributed by atoms with Crippen molar-refractivity contribution >= 4 is 38.5 Å². The monoisotopic (exact) mass is 436 g/mol. The van der Waals surface area contributed by atoms with Crippen LogP contribution in [0.5, 0.6) is 0 Å². The predicted molar refractivity (Wildman–Crippen MR) is 116 cm³/mol. The van der Waals surface area contributed by atoms with E-state index in [1.165, 1.54) is 18.2 Å². The third-order valence-electron chi connectivity index (χ3n) is 5.80. The SMILES string of the molecule is CCn1c(SCC(=O)NC2CS(=O)(=O)CC2N2CCCCC2)nc2ccccc21. The minimum atomic E-state index is -3.11. The first-order valence-corrected chi connectivity index (χ1v) is 13.1. The van der Waals surface area contributed by atoms with Gasteiger partial charge in [0.15, 0.2) is 15.0 Å². The lowest BCUT2D eigenvalue weighted by atomic mass is 10.1. The zero-order valence-corrected chi connectivity index (χ0v) is 18.3. The molecule has 3 heterocycles. The number of benzene rings is 1. The number of fused-ring (bicyclic) bond motifs is 1. The average molecular weight is 437 g/mol.